The zero-order valence-corrected chi connectivity index (χ0v) is 19.4. The number of rotatable bonds is 6. The summed E-state index contributed by atoms with van der Waals surface area (Å²) in [5, 5.41) is 4.19. The molecule has 8 heteroatoms. The summed E-state index contributed by atoms with van der Waals surface area (Å²) < 4.78 is 6.19. The molecule has 1 aliphatic rings. The Kier molecular flexibility index (Phi) is 6.12. The Bertz CT molecular complexity index is 1310. The first kappa shape index (κ1) is 21.9. The van der Waals surface area contributed by atoms with Crippen LogP contribution in [0.4, 0.5) is 11.6 Å². The van der Waals surface area contributed by atoms with Crippen molar-refractivity contribution in [3.8, 4) is 17.1 Å². The van der Waals surface area contributed by atoms with Crippen LogP contribution < -0.4 is 10.1 Å². The Morgan fingerprint density at radius 3 is 2.65 bits per heavy atom. The summed E-state index contributed by atoms with van der Waals surface area (Å²) in [4.78, 5) is 30.5. The number of pyridine rings is 1. The fourth-order valence-corrected chi connectivity index (χ4v) is 4.26. The third kappa shape index (κ3) is 4.85. The molecular formula is C26H28N6O2. The van der Waals surface area contributed by atoms with Crippen molar-refractivity contribution in [1.29, 1.82) is 0 Å². The van der Waals surface area contributed by atoms with Gasteiger partial charge in [0.15, 0.2) is 0 Å². The highest BCUT2D eigenvalue weighted by Crippen LogP contribution is 2.27. The second-order valence-corrected chi connectivity index (χ2v) is 8.83. The van der Waals surface area contributed by atoms with Gasteiger partial charge in [-0.05, 0) is 62.1 Å². The van der Waals surface area contributed by atoms with Gasteiger partial charge in [0, 0.05) is 49.1 Å². The van der Waals surface area contributed by atoms with Crippen molar-refractivity contribution in [1.82, 2.24) is 24.8 Å². The predicted molar refractivity (Wildman–Crippen MR) is 132 cm³/mol. The fraction of sp³-hybridized carbons (Fsp3) is 0.308. The van der Waals surface area contributed by atoms with E-state index < -0.39 is 0 Å². The molecule has 0 spiro atoms. The van der Waals surface area contributed by atoms with E-state index in [9.17, 15) is 4.79 Å². The number of amides is 1. The lowest BCUT2D eigenvalue weighted by atomic mass is 9.98. The number of H-pyrrole nitrogens is 1. The summed E-state index contributed by atoms with van der Waals surface area (Å²) in [7, 11) is 3.47. The molecule has 1 amide bonds. The van der Waals surface area contributed by atoms with Crippen LogP contribution in [-0.4, -0.2) is 50.9 Å². The Labute approximate surface area is 198 Å². The Balaban J connectivity index is 1.34. The smallest absolute Gasteiger partial charge is 0.269 e. The molecule has 3 aromatic heterocycles. The van der Waals surface area contributed by atoms with E-state index >= 15 is 0 Å². The number of ether oxygens (including phenoxy) is 1. The average Bonchev–Trinajstić information content (AvgIpc) is 3.28. The molecule has 0 radical (unpaired) electrons. The molecule has 34 heavy (non-hydrogen) atoms. The van der Waals surface area contributed by atoms with E-state index in [0.29, 0.717) is 17.3 Å². The summed E-state index contributed by atoms with van der Waals surface area (Å²) in [6, 6.07) is 13.4. The second-order valence-electron chi connectivity index (χ2n) is 8.83. The quantitative estimate of drug-likeness (QED) is 0.415. The molecule has 1 aliphatic carbocycles. The number of aromatic nitrogens is 4. The topological polar surface area (TPSA) is 96.0 Å². The largest absolute Gasteiger partial charge is 0.490 e. The lowest BCUT2D eigenvalue weighted by Crippen LogP contribution is -2.21. The SMILES string of the molecule is CN(C)C(=O)c1cc2cc(Nc3nccc(-c4cc(OC5CCCCC5)ccn4)n3)ccc2[nH]1. The van der Waals surface area contributed by atoms with Crippen LogP contribution >= 0.6 is 0 Å². The first-order chi connectivity index (χ1) is 16.5. The highest BCUT2D eigenvalue weighted by atomic mass is 16.5. The Morgan fingerprint density at radius 1 is 1.00 bits per heavy atom. The molecule has 1 aromatic carbocycles. The standard InChI is InChI=1S/C26H28N6O2/c1-32(2)25(33)24-15-17-14-18(8-9-21(17)30-24)29-26-28-13-11-22(31-26)23-16-20(10-12-27-23)34-19-6-4-3-5-7-19/h8-16,19,30H,3-7H2,1-2H3,(H,28,29,31). The first-order valence-corrected chi connectivity index (χ1v) is 11.6. The van der Waals surface area contributed by atoms with Gasteiger partial charge in [-0.25, -0.2) is 9.97 Å². The maximum absolute atomic E-state index is 12.2. The van der Waals surface area contributed by atoms with E-state index in [1.165, 1.54) is 19.3 Å². The minimum absolute atomic E-state index is 0.0658. The molecule has 174 valence electrons. The van der Waals surface area contributed by atoms with Crippen LogP contribution in [0.2, 0.25) is 0 Å². The van der Waals surface area contributed by atoms with Crippen LogP contribution in [-0.2, 0) is 0 Å². The Morgan fingerprint density at radius 2 is 1.82 bits per heavy atom. The van der Waals surface area contributed by atoms with Gasteiger partial charge in [0.2, 0.25) is 5.95 Å². The molecule has 5 rings (SSSR count). The molecule has 1 fully saturated rings. The van der Waals surface area contributed by atoms with Gasteiger partial charge in [0.05, 0.1) is 17.5 Å². The van der Waals surface area contributed by atoms with Gasteiger partial charge < -0.3 is 19.9 Å². The van der Waals surface area contributed by atoms with E-state index in [2.05, 4.69) is 25.3 Å². The summed E-state index contributed by atoms with van der Waals surface area (Å²) in [6.45, 7) is 0. The maximum Gasteiger partial charge on any atom is 0.269 e. The van der Waals surface area contributed by atoms with E-state index in [-0.39, 0.29) is 12.0 Å². The number of hydrogen-bond acceptors (Lipinski definition) is 6. The third-order valence-corrected chi connectivity index (χ3v) is 6.02. The number of benzene rings is 1. The number of nitrogens with one attached hydrogen (secondary N) is 2. The molecule has 0 saturated heterocycles. The van der Waals surface area contributed by atoms with Crippen molar-refractivity contribution >= 4 is 28.4 Å². The molecule has 0 atom stereocenters. The minimum Gasteiger partial charge on any atom is -0.490 e. The van der Waals surface area contributed by atoms with E-state index in [4.69, 9.17) is 4.74 Å². The first-order valence-electron chi connectivity index (χ1n) is 11.6. The molecule has 1 saturated carbocycles. The number of fused-ring (bicyclic) bond motifs is 1. The van der Waals surface area contributed by atoms with Crippen molar-refractivity contribution in [2.24, 2.45) is 0 Å². The van der Waals surface area contributed by atoms with E-state index in [1.807, 2.05) is 42.5 Å². The average molecular weight is 457 g/mol. The normalized spacial score (nSPS) is 14.2. The van der Waals surface area contributed by atoms with Gasteiger partial charge in [-0.1, -0.05) is 6.42 Å². The molecular weight excluding hydrogens is 428 g/mol. The second kappa shape index (κ2) is 9.51. The number of hydrogen-bond donors (Lipinski definition) is 2. The highest BCUT2D eigenvalue weighted by molar-refractivity contribution is 5.98. The number of aromatic amines is 1. The van der Waals surface area contributed by atoms with Gasteiger partial charge in [-0.2, -0.15) is 0 Å². The summed E-state index contributed by atoms with van der Waals surface area (Å²) in [5.41, 5.74) is 3.73. The van der Waals surface area contributed by atoms with Crippen molar-refractivity contribution in [3.63, 3.8) is 0 Å². The zero-order chi connectivity index (χ0) is 23.5. The monoisotopic (exact) mass is 456 g/mol. The molecule has 3 heterocycles. The van der Waals surface area contributed by atoms with Gasteiger partial charge in [-0.3, -0.25) is 9.78 Å². The maximum atomic E-state index is 12.2. The van der Waals surface area contributed by atoms with Crippen LogP contribution in [0.15, 0.2) is 54.9 Å². The number of carbonyl (C=O) groups excluding carboxylic acids is 1. The van der Waals surface area contributed by atoms with Crippen LogP contribution in [0.5, 0.6) is 5.75 Å². The number of nitrogens with zero attached hydrogens (tertiary/aromatic N) is 4. The van der Waals surface area contributed by atoms with Gasteiger partial charge in [0.1, 0.15) is 11.4 Å². The molecule has 0 bridgehead atoms. The van der Waals surface area contributed by atoms with Gasteiger partial charge in [0.25, 0.3) is 5.91 Å². The number of carbonyl (C=O) groups is 1. The van der Waals surface area contributed by atoms with Crippen molar-refractivity contribution in [3.05, 3.63) is 60.6 Å². The Hall–Kier alpha value is -3.94. The molecule has 8 nitrogen and oxygen atoms in total. The van der Waals surface area contributed by atoms with Crippen LogP contribution in [0.1, 0.15) is 42.6 Å². The lowest BCUT2D eigenvalue weighted by molar-refractivity contribution is 0.0823. The summed E-state index contributed by atoms with van der Waals surface area (Å²) in [6.07, 6.45) is 9.72. The van der Waals surface area contributed by atoms with Gasteiger partial charge >= 0.3 is 0 Å². The molecule has 4 aromatic rings. The number of anilines is 2. The van der Waals surface area contributed by atoms with Crippen LogP contribution in [0, 0.1) is 0 Å². The lowest BCUT2D eigenvalue weighted by Gasteiger charge is -2.23. The van der Waals surface area contributed by atoms with Crippen LogP contribution in [0.25, 0.3) is 22.3 Å². The van der Waals surface area contributed by atoms with E-state index in [1.54, 1.807) is 31.4 Å². The molecule has 0 unspecified atom stereocenters. The van der Waals surface area contributed by atoms with Crippen molar-refractivity contribution < 1.29 is 9.53 Å². The van der Waals surface area contributed by atoms with Crippen LogP contribution in [0.3, 0.4) is 0 Å². The van der Waals surface area contributed by atoms with E-state index in [0.717, 1.165) is 40.9 Å². The highest BCUT2D eigenvalue weighted by Gasteiger charge is 2.16. The third-order valence-electron chi connectivity index (χ3n) is 6.02. The van der Waals surface area contributed by atoms with Gasteiger partial charge in [-0.15, -0.1) is 0 Å². The van der Waals surface area contributed by atoms with Crippen molar-refractivity contribution in [2.45, 2.75) is 38.2 Å². The predicted octanol–water partition coefficient (Wildman–Crippen LogP) is 5.18. The summed E-state index contributed by atoms with van der Waals surface area (Å²) in [5.74, 6) is 1.23. The van der Waals surface area contributed by atoms with Crippen molar-refractivity contribution in [2.75, 3.05) is 19.4 Å². The summed E-state index contributed by atoms with van der Waals surface area (Å²) >= 11 is 0. The fourth-order valence-electron chi connectivity index (χ4n) is 4.26. The minimum atomic E-state index is -0.0658. The molecule has 0 aliphatic heterocycles. The molecule has 2 N–H and O–H groups in total. The zero-order valence-electron chi connectivity index (χ0n) is 19.4.